The molecule has 0 fully saturated rings. The summed E-state index contributed by atoms with van der Waals surface area (Å²) in [6, 6.07) is 6.82. The number of carbonyl (C=O) groups excluding carboxylic acids is 3. The molecule has 1 aromatic heterocycles. The van der Waals surface area contributed by atoms with Crippen molar-refractivity contribution in [2.75, 3.05) is 19.0 Å². The van der Waals surface area contributed by atoms with Gasteiger partial charge in [0.05, 0.1) is 17.7 Å². The Bertz CT molecular complexity index is 906. The molecule has 0 bridgehead atoms. The number of hydrogen-bond acceptors (Lipinski definition) is 6. The Balaban J connectivity index is 1.63. The lowest BCUT2D eigenvalue weighted by Crippen LogP contribution is -2.23. The van der Waals surface area contributed by atoms with Gasteiger partial charge in [-0.2, -0.15) is 0 Å². The maximum atomic E-state index is 12.3. The summed E-state index contributed by atoms with van der Waals surface area (Å²) in [5.74, 6) is -1.67. The topological polar surface area (TPSA) is 108 Å². The third kappa shape index (κ3) is 4.58. The zero-order valence-corrected chi connectivity index (χ0v) is 16.4. The Hall–Kier alpha value is -2.71. The number of hydrogen-bond donors (Lipinski definition) is 2. The first-order chi connectivity index (χ1) is 13.5. The second kappa shape index (κ2) is 8.99. The molecule has 148 valence electrons. The summed E-state index contributed by atoms with van der Waals surface area (Å²) in [6.45, 7) is -0.0747. The van der Waals surface area contributed by atoms with E-state index in [9.17, 15) is 14.4 Å². The number of benzene rings is 1. The second-order valence-electron chi connectivity index (χ2n) is 6.54. The molecular formula is C20H22N2O5S. The van der Waals surface area contributed by atoms with Gasteiger partial charge >= 0.3 is 5.97 Å². The van der Waals surface area contributed by atoms with Gasteiger partial charge < -0.3 is 20.5 Å². The summed E-state index contributed by atoms with van der Waals surface area (Å²) in [5, 5.41) is 3.10. The van der Waals surface area contributed by atoms with Crippen LogP contribution in [0.3, 0.4) is 0 Å². The van der Waals surface area contributed by atoms with Crippen LogP contribution in [0.5, 0.6) is 0 Å². The predicted molar refractivity (Wildman–Crippen MR) is 106 cm³/mol. The van der Waals surface area contributed by atoms with Gasteiger partial charge in [-0.15, -0.1) is 11.3 Å². The molecule has 1 aromatic carbocycles. The van der Waals surface area contributed by atoms with Crippen molar-refractivity contribution in [1.29, 1.82) is 0 Å². The normalized spacial score (nSPS) is 12.9. The Morgan fingerprint density at radius 3 is 2.75 bits per heavy atom. The lowest BCUT2D eigenvalue weighted by molar-refractivity contribution is -0.119. The standard InChI is InChI=1S/C20H22N2O5S/c1-26-10-12-5-4-6-13(9-12)20(25)27-11-16(23)22-19-17(18(21)24)14-7-2-3-8-15(14)28-19/h4-6,9H,2-3,7-8,10-11H2,1H3,(H2,21,24)(H,22,23). The van der Waals surface area contributed by atoms with Gasteiger partial charge in [-0.25, -0.2) is 4.79 Å². The molecule has 0 spiro atoms. The van der Waals surface area contributed by atoms with Crippen LogP contribution in [0.25, 0.3) is 0 Å². The van der Waals surface area contributed by atoms with E-state index in [1.165, 1.54) is 11.3 Å². The molecule has 0 atom stereocenters. The van der Waals surface area contributed by atoms with Gasteiger partial charge in [-0.05, 0) is 48.9 Å². The SMILES string of the molecule is COCc1cccc(C(=O)OCC(=O)Nc2sc3c(c2C(N)=O)CCCC3)c1. The highest BCUT2D eigenvalue weighted by atomic mass is 32.1. The quantitative estimate of drug-likeness (QED) is 0.692. The molecule has 3 rings (SSSR count). The smallest absolute Gasteiger partial charge is 0.338 e. The van der Waals surface area contributed by atoms with E-state index in [0.717, 1.165) is 41.7 Å². The average molecular weight is 402 g/mol. The Morgan fingerprint density at radius 1 is 1.21 bits per heavy atom. The first kappa shape index (κ1) is 20.0. The van der Waals surface area contributed by atoms with Crippen LogP contribution in [0.4, 0.5) is 5.00 Å². The van der Waals surface area contributed by atoms with Gasteiger partial charge in [-0.3, -0.25) is 9.59 Å². The first-order valence-corrected chi connectivity index (χ1v) is 9.80. The third-order valence-electron chi connectivity index (χ3n) is 4.48. The molecule has 1 heterocycles. The molecule has 1 aliphatic rings. The zero-order valence-electron chi connectivity index (χ0n) is 15.6. The molecule has 0 aliphatic heterocycles. The number of aryl methyl sites for hydroxylation is 1. The van der Waals surface area contributed by atoms with Crippen LogP contribution >= 0.6 is 11.3 Å². The summed E-state index contributed by atoms with van der Waals surface area (Å²) >= 11 is 1.37. The van der Waals surface area contributed by atoms with Gasteiger partial charge in [0.25, 0.3) is 11.8 Å². The van der Waals surface area contributed by atoms with Crippen molar-refractivity contribution in [3.63, 3.8) is 0 Å². The minimum atomic E-state index is -0.603. The highest BCUT2D eigenvalue weighted by molar-refractivity contribution is 7.17. The van der Waals surface area contributed by atoms with Crippen molar-refractivity contribution in [3.05, 3.63) is 51.4 Å². The van der Waals surface area contributed by atoms with E-state index in [-0.39, 0.29) is 0 Å². The van der Waals surface area contributed by atoms with Gasteiger partial charge in [-0.1, -0.05) is 12.1 Å². The Morgan fingerprint density at radius 2 is 2.00 bits per heavy atom. The molecular weight excluding hydrogens is 380 g/mol. The van der Waals surface area contributed by atoms with E-state index in [1.54, 1.807) is 25.3 Å². The van der Waals surface area contributed by atoms with Gasteiger partial charge in [0, 0.05) is 12.0 Å². The molecule has 0 saturated carbocycles. The summed E-state index contributed by atoms with van der Waals surface area (Å²) in [6.07, 6.45) is 3.71. The summed E-state index contributed by atoms with van der Waals surface area (Å²) in [4.78, 5) is 37.4. The maximum Gasteiger partial charge on any atom is 0.338 e. The number of amides is 2. The number of rotatable bonds is 7. The van der Waals surface area contributed by atoms with Gasteiger partial charge in [0.15, 0.2) is 6.61 Å². The molecule has 8 heteroatoms. The number of nitrogens with one attached hydrogen (secondary N) is 1. The number of thiophene rings is 1. The maximum absolute atomic E-state index is 12.3. The van der Waals surface area contributed by atoms with Crippen LogP contribution in [0.15, 0.2) is 24.3 Å². The van der Waals surface area contributed by atoms with Crippen molar-refractivity contribution in [1.82, 2.24) is 0 Å². The van der Waals surface area contributed by atoms with Gasteiger partial charge in [0.1, 0.15) is 5.00 Å². The summed E-state index contributed by atoms with van der Waals surface area (Å²) < 4.78 is 10.1. The zero-order chi connectivity index (χ0) is 20.1. The lowest BCUT2D eigenvalue weighted by Gasteiger charge is -2.11. The van der Waals surface area contributed by atoms with Crippen LogP contribution in [0.1, 0.15) is 49.6 Å². The molecule has 0 unspecified atom stereocenters. The molecule has 28 heavy (non-hydrogen) atoms. The van der Waals surface area contributed by atoms with Crippen molar-refractivity contribution in [2.45, 2.75) is 32.3 Å². The van der Waals surface area contributed by atoms with Crippen molar-refractivity contribution in [3.8, 4) is 0 Å². The Kier molecular flexibility index (Phi) is 6.43. The number of methoxy groups -OCH3 is 1. The molecule has 0 radical (unpaired) electrons. The number of anilines is 1. The van der Waals surface area contributed by atoms with Crippen molar-refractivity contribution in [2.24, 2.45) is 5.73 Å². The van der Waals surface area contributed by atoms with E-state index in [4.69, 9.17) is 15.2 Å². The van der Waals surface area contributed by atoms with Crippen LogP contribution in [0, 0.1) is 0 Å². The number of fused-ring (bicyclic) bond motifs is 1. The van der Waals surface area contributed by atoms with E-state index >= 15 is 0 Å². The molecule has 0 saturated heterocycles. The van der Waals surface area contributed by atoms with E-state index < -0.39 is 24.4 Å². The molecule has 3 N–H and O–H groups in total. The number of primary amides is 1. The molecule has 2 aromatic rings. The van der Waals surface area contributed by atoms with Crippen LogP contribution < -0.4 is 11.1 Å². The monoisotopic (exact) mass is 402 g/mol. The van der Waals surface area contributed by atoms with Crippen molar-refractivity contribution >= 4 is 34.1 Å². The number of carbonyl (C=O) groups is 3. The molecule has 2 amide bonds. The van der Waals surface area contributed by atoms with Crippen LogP contribution in [-0.4, -0.2) is 31.5 Å². The van der Waals surface area contributed by atoms with Gasteiger partial charge in [0.2, 0.25) is 0 Å². The van der Waals surface area contributed by atoms with Crippen LogP contribution in [0.2, 0.25) is 0 Å². The number of ether oxygens (including phenoxy) is 2. The molecule has 7 nitrogen and oxygen atoms in total. The number of esters is 1. The minimum absolute atomic E-state index is 0.340. The number of nitrogens with two attached hydrogens (primary N) is 1. The summed E-state index contributed by atoms with van der Waals surface area (Å²) in [5.41, 5.74) is 8.00. The second-order valence-corrected chi connectivity index (χ2v) is 7.64. The first-order valence-electron chi connectivity index (χ1n) is 8.98. The lowest BCUT2D eigenvalue weighted by atomic mass is 9.95. The summed E-state index contributed by atoms with van der Waals surface area (Å²) in [7, 11) is 1.57. The highest BCUT2D eigenvalue weighted by Crippen LogP contribution is 2.37. The van der Waals surface area contributed by atoms with E-state index in [2.05, 4.69) is 5.32 Å². The highest BCUT2D eigenvalue weighted by Gasteiger charge is 2.25. The van der Waals surface area contributed by atoms with Crippen molar-refractivity contribution < 1.29 is 23.9 Å². The third-order valence-corrected chi connectivity index (χ3v) is 5.69. The van der Waals surface area contributed by atoms with E-state index in [1.807, 2.05) is 6.07 Å². The minimum Gasteiger partial charge on any atom is -0.452 e. The molecule has 1 aliphatic carbocycles. The average Bonchev–Trinajstić information content (AvgIpc) is 3.04. The fourth-order valence-electron chi connectivity index (χ4n) is 3.25. The van der Waals surface area contributed by atoms with Crippen LogP contribution in [-0.2, 0) is 33.7 Å². The predicted octanol–water partition coefficient (Wildman–Crippen LogP) is 2.67. The Labute approximate surface area is 166 Å². The fourth-order valence-corrected chi connectivity index (χ4v) is 4.56. The fraction of sp³-hybridized carbons (Fsp3) is 0.350. The van der Waals surface area contributed by atoms with E-state index in [0.29, 0.717) is 22.7 Å². The largest absolute Gasteiger partial charge is 0.452 e.